The van der Waals surface area contributed by atoms with E-state index in [0.29, 0.717) is 5.75 Å². The van der Waals surface area contributed by atoms with Gasteiger partial charge in [0.1, 0.15) is 5.75 Å². The third kappa shape index (κ3) is 3.05. The summed E-state index contributed by atoms with van der Waals surface area (Å²) in [6, 6.07) is 7.62. The summed E-state index contributed by atoms with van der Waals surface area (Å²) in [6.07, 6.45) is 0.974. The van der Waals surface area contributed by atoms with Gasteiger partial charge in [-0.3, -0.25) is 0 Å². The van der Waals surface area contributed by atoms with E-state index in [4.69, 9.17) is 27.9 Å². The minimum absolute atomic E-state index is 0.00502. The lowest BCUT2D eigenvalue weighted by atomic mass is 10.2. The van der Waals surface area contributed by atoms with Crippen LogP contribution in [0.2, 0.25) is 10.4 Å². The van der Waals surface area contributed by atoms with E-state index in [1.54, 1.807) is 0 Å². The lowest BCUT2D eigenvalue weighted by molar-refractivity contribution is 0.457. The van der Waals surface area contributed by atoms with E-state index in [1.165, 1.54) is 5.56 Å². The summed E-state index contributed by atoms with van der Waals surface area (Å²) in [6.45, 7) is 2.08. The van der Waals surface area contributed by atoms with Gasteiger partial charge in [-0.15, -0.1) is 10.2 Å². The van der Waals surface area contributed by atoms with E-state index in [9.17, 15) is 0 Å². The molecular weight excluding hydrogens is 261 g/mol. The van der Waals surface area contributed by atoms with Crippen LogP contribution in [-0.2, 0) is 6.42 Å². The number of nitrogens with zero attached hydrogens (tertiary/aromatic N) is 3. The molecule has 0 aliphatic rings. The topological polar surface area (TPSA) is 47.9 Å². The highest BCUT2D eigenvalue weighted by molar-refractivity contribution is 6.31. The molecule has 0 bridgehead atoms. The van der Waals surface area contributed by atoms with Gasteiger partial charge in [-0.25, -0.2) is 0 Å². The molecule has 88 valence electrons. The summed E-state index contributed by atoms with van der Waals surface area (Å²) >= 11 is 11.4. The Morgan fingerprint density at radius 2 is 1.82 bits per heavy atom. The largest absolute Gasteiger partial charge is 0.436 e. The van der Waals surface area contributed by atoms with Crippen LogP contribution in [0, 0.1) is 0 Å². The maximum Gasteiger partial charge on any atom is 0.262 e. The predicted molar refractivity (Wildman–Crippen MR) is 65.7 cm³/mol. The minimum Gasteiger partial charge on any atom is -0.436 e. The van der Waals surface area contributed by atoms with Crippen molar-refractivity contribution in [3.05, 3.63) is 40.3 Å². The fourth-order valence-corrected chi connectivity index (χ4v) is 1.48. The average Bonchev–Trinajstić information content (AvgIpc) is 2.35. The van der Waals surface area contributed by atoms with Crippen molar-refractivity contribution in [3.63, 3.8) is 0 Å². The molecular formula is C11H9Cl2N3O. The van der Waals surface area contributed by atoms with Crippen molar-refractivity contribution in [3.8, 4) is 11.6 Å². The SMILES string of the molecule is CCc1ccc(Oc2nc(Cl)nnc2Cl)cc1. The van der Waals surface area contributed by atoms with E-state index >= 15 is 0 Å². The van der Waals surface area contributed by atoms with Crippen LogP contribution >= 0.6 is 23.2 Å². The van der Waals surface area contributed by atoms with E-state index in [2.05, 4.69) is 22.1 Å². The molecule has 1 heterocycles. The summed E-state index contributed by atoms with van der Waals surface area (Å²) < 4.78 is 5.46. The molecule has 0 unspecified atom stereocenters. The predicted octanol–water partition coefficient (Wildman–Crippen LogP) is 3.53. The van der Waals surface area contributed by atoms with Gasteiger partial charge >= 0.3 is 0 Å². The number of aryl methyl sites for hydroxylation is 1. The molecule has 0 saturated carbocycles. The second-order valence-electron chi connectivity index (χ2n) is 3.28. The zero-order chi connectivity index (χ0) is 12.3. The number of benzene rings is 1. The Morgan fingerprint density at radius 3 is 2.47 bits per heavy atom. The fourth-order valence-electron chi connectivity index (χ4n) is 1.25. The zero-order valence-corrected chi connectivity index (χ0v) is 10.5. The van der Waals surface area contributed by atoms with Crippen molar-refractivity contribution in [1.82, 2.24) is 15.2 Å². The molecule has 0 radical (unpaired) electrons. The summed E-state index contributed by atoms with van der Waals surface area (Å²) in [5.74, 6) is 0.775. The van der Waals surface area contributed by atoms with Crippen LogP contribution in [0.25, 0.3) is 0 Å². The Bertz CT molecular complexity index is 517. The third-order valence-corrected chi connectivity index (χ3v) is 2.53. The number of hydrogen-bond acceptors (Lipinski definition) is 4. The molecule has 0 saturated heterocycles. The standard InChI is InChI=1S/C11H9Cl2N3O/c1-2-7-3-5-8(6-4-7)17-10-9(12)15-16-11(13)14-10/h3-6H,2H2,1H3. The fraction of sp³-hybridized carbons (Fsp3) is 0.182. The summed E-state index contributed by atoms with van der Waals surface area (Å²) in [7, 11) is 0. The normalized spacial score (nSPS) is 10.3. The molecule has 0 fully saturated rings. The van der Waals surface area contributed by atoms with E-state index in [-0.39, 0.29) is 16.3 Å². The van der Waals surface area contributed by atoms with Crippen molar-refractivity contribution < 1.29 is 4.74 Å². The molecule has 0 aliphatic heterocycles. The van der Waals surface area contributed by atoms with E-state index in [1.807, 2.05) is 24.3 Å². The molecule has 0 amide bonds. The van der Waals surface area contributed by atoms with Crippen LogP contribution in [0.5, 0.6) is 11.6 Å². The van der Waals surface area contributed by atoms with Crippen molar-refractivity contribution in [2.75, 3.05) is 0 Å². The number of halogens is 2. The van der Waals surface area contributed by atoms with Gasteiger partial charge in [0.2, 0.25) is 10.4 Å². The molecule has 17 heavy (non-hydrogen) atoms. The van der Waals surface area contributed by atoms with Gasteiger partial charge in [-0.2, -0.15) is 4.98 Å². The summed E-state index contributed by atoms with van der Waals surface area (Å²) in [4.78, 5) is 3.85. The second-order valence-corrected chi connectivity index (χ2v) is 3.97. The molecule has 2 rings (SSSR count). The van der Waals surface area contributed by atoms with Gasteiger partial charge < -0.3 is 4.74 Å². The molecule has 4 nitrogen and oxygen atoms in total. The Balaban J connectivity index is 2.22. The smallest absolute Gasteiger partial charge is 0.262 e. The van der Waals surface area contributed by atoms with Crippen molar-refractivity contribution in [2.45, 2.75) is 13.3 Å². The maximum absolute atomic E-state index is 5.78. The van der Waals surface area contributed by atoms with Crippen LogP contribution < -0.4 is 4.74 Å². The highest BCUT2D eigenvalue weighted by Gasteiger charge is 2.08. The van der Waals surface area contributed by atoms with Crippen LogP contribution in [0.3, 0.4) is 0 Å². The third-order valence-electron chi connectivity index (χ3n) is 2.14. The number of hydrogen-bond donors (Lipinski definition) is 0. The first kappa shape index (κ1) is 12.1. The van der Waals surface area contributed by atoms with Gasteiger partial charge in [0.05, 0.1) is 0 Å². The molecule has 0 aliphatic carbocycles. The lowest BCUT2D eigenvalue weighted by Gasteiger charge is -2.05. The van der Waals surface area contributed by atoms with E-state index in [0.717, 1.165) is 6.42 Å². The van der Waals surface area contributed by atoms with Crippen LogP contribution in [0.1, 0.15) is 12.5 Å². The second kappa shape index (κ2) is 5.29. The first-order valence-electron chi connectivity index (χ1n) is 5.01. The van der Waals surface area contributed by atoms with Gasteiger partial charge in [-0.1, -0.05) is 30.7 Å². The minimum atomic E-state index is -0.00502. The quantitative estimate of drug-likeness (QED) is 0.855. The molecule has 6 heteroatoms. The molecule has 0 spiro atoms. The Hall–Kier alpha value is -1.39. The Morgan fingerprint density at radius 1 is 1.12 bits per heavy atom. The van der Waals surface area contributed by atoms with Gasteiger partial charge in [0.25, 0.3) is 5.88 Å². The van der Waals surface area contributed by atoms with Crippen LogP contribution in [0.15, 0.2) is 24.3 Å². The van der Waals surface area contributed by atoms with Gasteiger partial charge in [-0.05, 0) is 35.7 Å². The number of ether oxygens (including phenoxy) is 1. The summed E-state index contributed by atoms with van der Waals surface area (Å²) in [5.41, 5.74) is 1.22. The Labute approximate surface area is 109 Å². The molecule has 2 aromatic rings. The monoisotopic (exact) mass is 269 g/mol. The summed E-state index contributed by atoms with van der Waals surface area (Å²) in [5, 5.41) is 7.18. The van der Waals surface area contributed by atoms with Crippen LogP contribution in [-0.4, -0.2) is 15.2 Å². The molecule has 0 atom stereocenters. The zero-order valence-electron chi connectivity index (χ0n) is 9.02. The molecule has 1 aromatic heterocycles. The van der Waals surface area contributed by atoms with Gasteiger partial charge in [0, 0.05) is 0 Å². The Kier molecular flexibility index (Phi) is 3.76. The molecule has 0 N–H and O–H groups in total. The van der Waals surface area contributed by atoms with Crippen molar-refractivity contribution in [2.24, 2.45) is 0 Å². The van der Waals surface area contributed by atoms with Gasteiger partial charge in [0.15, 0.2) is 0 Å². The molecule has 1 aromatic carbocycles. The highest BCUT2D eigenvalue weighted by atomic mass is 35.5. The van der Waals surface area contributed by atoms with Crippen LogP contribution in [0.4, 0.5) is 0 Å². The highest BCUT2D eigenvalue weighted by Crippen LogP contribution is 2.25. The number of rotatable bonds is 3. The first-order chi connectivity index (χ1) is 8.19. The first-order valence-corrected chi connectivity index (χ1v) is 5.77. The van der Waals surface area contributed by atoms with Crippen molar-refractivity contribution >= 4 is 23.2 Å². The average molecular weight is 270 g/mol. The number of aromatic nitrogens is 3. The van der Waals surface area contributed by atoms with Crippen molar-refractivity contribution in [1.29, 1.82) is 0 Å². The lowest BCUT2D eigenvalue weighted by Crippen LogP contribution is -1.94. The van der Waals surface area contributed by atoms with E-state index < -0.39 is 0 Å². The maximum atomic E-state index is 5.78.